The molecule has 1 aromatic rings. The molecule has 1 heterocycles. The van der Waals surface area contributed by atoms with Crippen LogP contribution in [0.3, 0.4) is 0 Å². The Hall–Kier alpha value is -2.46. The molecular formula is C29H49N3O6S. The number of carboxylic acid groups (broad SMARTS) is 1. The number of carbonyl (C=O) groups is 4. The summed E-state index contributed by atoms with van der Waals surface area (Å²) in [6, 6.07) is 0.841. The molecule has 0 spiro atoms. The summed E-state index contributed by atoms with van der Waals surface area (Å²) in [4.78, 5) is 51.0. The Bertz CT molecular complexity index is 878. The quantitative estimate of drug-likeness (QED) is 0.135. The molecule has 0 aliphatic rings. The van der Waals surface area contributed by atoms with Crippen molar-refractivity contribution in [2.75, 3.05) is 0 Å². The lowest BCUT2D eigenvalue weighted by Gasteiger charge is -2.27. The molecule has 2 amide bonds. The summed E-state index contributed by atoms with van der Waals surface area (Å²) in [5, 5.41) is 16.2. The highest BCUT2D eigenvalue weighted by Gasteiger charge is 2.31. The van der Waals surface area contributed by atoms with E-state index in [1.165, 1.54) is 37.5 Å². The highest BCUT2D eigenvalue weighted by molar-refractivity contribution is 7.09. The lowest BCUT2D eigenvalue weighted by molar-refractivity contribution is -0.156. The summed E-state index contributed by atoms with van der Waals surface area (Å²) in [5.74, 6) is -2.86. The molecule has 0 radical (unpaired) electrons. The first-order valence-electron chi connectivity index (χ1n) is 14.3. The van der Waals surface area contributed by atoms with Gasteiger partial charge in [-0.25, -0.2) is 0 Å². The molecule has 0 fully saturated rings. The van der Waals surface area contributed by atoms with E-state index in [1.54, 1.807) is 0 Å². The minimum Gasteiger partial charge on any atom is -0.480 e. The Balaban J connectivity index is 2.94. The van der Waals surface area contributed by atoms with E-state index in [0.717, 1.165) is 37.0 Å². The molecule has 0 aromatic carbocycles. The van der Waals surface area contributed by atoms with E-state index in [2.05, 4.69) is 17.6 Å². The number of unbranched alkanes of at least 4 members (excludes halogenated alkanes) is 5. The number of hydrogen-bond acceptors (Lipinski definition) is 7. The van der Waals surface area contributed by atoms with Crippen molar-refractivity contribution in [1.29, 1.82) is 0 Å². The zero-order valence-corrected chi connectivity index (χ0v) is 25.1. The van der Waals surface area contributed by atoms with Crippen molar-refractivity contribution in [3.63, 3.8) is 0 Å². The number of nitrogens with two attached hydrogens (primary N) is 1. The maximum absolute atomic E-state index is 13.2. The summed E-state index contributed by atoms with van der Waals surface area (Å²) in [7, 11) is 0. The summed E-state index contributed by atoms with van der Waals surface area (Å²) in [6.07, 6.45) is 7.73. The van der Waals surface area contributed by atoms with Gasteiger partial charge in [0.05, 0.1) is 6.42 Å². The molecule has 222 valence electrons. The van der Waals surface area contributed by atoms with Crippen LogP contribution in [0.2, 0.25) is 0 Å². The van der Waals surface area contributed by atoms with E-state index < -0.39 is 48.0 Å². The van der Waals surface area contributed by atoms with Crippen LogP contribution in [-0.2, 0) is 30.3 Å². The van der Waals surface area contributed by atoms with Crippen LogP contribution in [0.25, 0.3) is 0 Å². The first-order valence-corrected chi connectivity index (χ1v) is 15.2. The highest BCUT2D eigenvalue weighted by Crippen LogP contribution is 2.22. The minimum atomic E-state index is -1.17. The maximum atomic E-state index is 13.2. The van der Waals surface area contributed by atoms with E-state index >= 15 is 0 Å². The zero-order valence-electron chi connectivity index (χ0n) is 24.2. The fourth-order valence-electron chi connectivity index (χ4n) is 4.16. The molecular weight excluding hydrogens is 518 g/mol. The molecule has 0 aliphatic carbocycles. The first kappa shape index (κ1) is 34.6. The number of thiophene rings is 1. The van der Waals surface area contributed by atoms with Crippen molar-refractivity contribution in [2.45, 2.75) is 123 Å². The second kappa shape index (κ2) is 18.8. The van der Waals surface area contributed by atoms with Crippen LogP contribution in [0.15, 0.2) is 17.5 Å². The van der Waals surface area contributed by atoms with Crippen molar-refractivity contribution in [3.8, 4) is 0 Å². The van der Waals surface area contributed by atoms with Crippen molar-refractivity contribution in [3.05, 3.63) is 22.4 Å². The van der Waals surface area contributed by atoms with E-state index in [1.807, 2.05) is 38.3 Å². The monoisotopic (exact) mass is 567 g/mol. The van der Waals surface area contributed by atoms with Gasteiger partial charge in [0.2, 0.25) is 11.8 Å². The summed E-state index contributed by atoms with van der Waals surface area (Å²) in [6.45, 7) is 9.35. The molecule has 5 N–H and O–H groups in total. The van der Waals surface area contributed by atoms with Gasteiger partial charge in [-0.05, 0) is 36.6 Å². The number of rotatable bonds is 20. The SMILES string of the molecule is CCCCCCCC[C@H](C)[C@H](CC(=O)N[C@@H](Cc1cccs1)C(=O)N[C@@H](C)C(=O)O)OC(=O)[C@H](N)[C@@H](C)CC. The van der Waals surface area contributed by atoms with Crippen LogP contribution in [0.1, 0.15) is 97.3 Å². The Morgan fingerprint density at radius 2 is 1.67 bits per heavy atom. The Morgan fingerprint density at radius 3 is 2.26 bits per heavy atom. The van der Waals surface area contributed by atoms with E-state index in [0.29, 0.717) is 0 Å². The van der Waals surface area contributed by atoms with Gasteiger partial charge in [-0.1, -0.05) is 78.7 Å². The lowest BCUT2D eigenvalue weighted by Crippen LogP contribution is -2.52. The molecule has 0 saturated carbocycles. The Morgan fingerprint density at radius 1 is 1.00 bits per heavy atom. The van der Waals surface area contributed by atoms with Gasteiger partial charge < -0.3 is 26.2 Å². The van der Waals surface area contributed by atoms with Gasteiger partial charge in [-0.15, -0.1) is 11.3 Å². The Kier molecular flexibility index (Phi) is 16.6. The second-order valence-electron chi connectivity index (χ2n) is 10.6. The number of carboxylic acids is 1. The van der Waals surface area contributed by atoms with E-state index in [4.69, 9.17) is 10.5 Å². The van der Waals surface area contributed by atoms with Gasteiger partial charge in [0.15, 0.2) is 0 Å². The maximum Gasteiger partial charge on any atom is 0.325 e. The van der Waals surface area contributed by atoms with E-state index in [-0.39, 0.29) is 24.7 Å². The lowest BCUT2D eigenvalue weighted by atomic mass is 9.93. The number of esters is 1. The molecule has 9 nitrogen and oxygen atoms in total. The molecule has 1 aromatic heterocycles. The smallest absolute Gasteiger partial charge is 0.325 e. The molecule has 0 saturated heterocycles. The third-order valence-electron chi connectivity index (χ3n) is 7.20. The molecule has 0 unspecified atom stereocenters. The van der Waals surface area contributed by atoms with Crippen LogP contribution in [-0.4, -0.2) is 53.1 Å². The normalized spacial score (nSPS) is 15.8. The standard InChI is InChI=1S/C29H49N3O6S/c1-6-8-9-10-11-12-14-20(4)24(38-29(37)26(30)19(3)7-2)18-25(33)32-23(17-22-15-13-16-39-22)27(34)31-21(5)28(35)36/h13,15-16,19-21,23-24,26H,6-12,14,17-18,30H2,1-5H3,(H,31,34)(H,32,33)(H,35,36)/t19-,20-,21-,23-,24-,26+/m0/s1. The molecule has 10 heteroatoms. The van der Waals surface area contributed by atoms with Gasteiger partial charge in [-0.3, -0.25) is 19.2 Å². The topological polar surface area (TPSA) is 148 Å². The average molecular weight is 568 g/mol. The largest absolute Gasteiger partial charge is 0.480 e. The van der Waals surface area contributed by atoms with Crippen molar-refractivity contribution in [1.82, 2.24) is 10.6 Å². The van der Waals surface area contributed by atoms with Crippen LogP contribution < -0.4 is 16.4 Å². The number of aliphatic carboxylic acids is 1. The number of hydrogen-bond donors (Lipinski definition) is 4. The van der Waals surface area contributed by atoms with Crippen molar-refractivity contribution >= 4 is 35.1 Å². The van der Waals surface area contributed by atoms with Gasteiger partial charge >= 0.3 is 11.9 Å². The van der Waals surface area contributed by atoms with Crippen LogP contribution >= 0.6 is 11.3 Å². The molecule has 0 bridgehead atoms. The predicted octanol–water partition coefficient (Wildman–Crippen LogP) is 4.43. The molecule has 6 atom stereocenters. The zero-order chi connectivity index (χ0) is 29.4. The van der Waals surface area contributed by atoms with Gasteiger partial charge in [0, 0.05) is 11.3 Å². The molecule has 39 heavy (non-hydrogen) atoms. The van der Waals surface area contributed by atoms with Crippen LogP contribution in [0, 0.1) is 11.8 Å². The Labute approximate surface area is 237 Å². The van der Waals surface area contributed by atoms with Crippen LogP contribution in [0.4, 0.5) is 0 Å². The van der Waals surface area contributed by atoms with Gasteiger partial charge in [0.25, 0.3) is 0 Å². The van der Waals surface area contributed by atoms with E-state index in [9.17, 15) is 24.3 Å². The average Bonchev–Trinajstić information content (AvgIpc) is 3.41. The fourth-order valence-corrected chi connectivity index (χ4v) is 4.91. The van der Waals surface area contributed by atoms with Crippen molar-refractivity contribution < 1.29 is 29.0 Å². The third kappa shape index (κ3) is 13.4. The van der Waals surface area contributed by atoms with Gasteiger partial charge in [-0.2, -0.15) is 0 Å². The number of amides is 2. The molecule has 1 rings (SSSR count). The second-order valence-corrected chi connectivity index (χ2v) is 11.6. The summed E-state index contributed by atoms with van der Waals surface area (Å²) in [5.41, 5.74) is 6.11. The number of carbonyl (C=O) groups excluding carboxylic acids is 3. The first-order chi connectivity index (χ1) is 18.5. The van der Waals surface area contributed by atoms with Crippen molar-refractivity contribution in [2.24, 2.45) is 17.6 Å². The summed E-state index contributed by atoms with van der Waals surface area (Å²) >= 11 is 1.44. The summed E-state index contributed by atoms with van der Waals surface area (Å²) < 4.78 is 5.81. The number of nitrogens with one attached hydrogen (secondary N) is 2. The van der Waals surface area contributed by atoms with Crippen LogP contribution in [0.5, 0.6) is 0 Å². The highest BCUT2D eigenvalue weighted by atomic mass is 32.1. The minimum absolute atomic E-state index is 0.0593. The molecule has 0 aliphatic heterocycles. The number of ether oxygens (including phenoxy) is 1. The van der Waals surface area contributed by atoms with Gasteiger partial charge in [0.1, 0.15) is 24.2 Å². The predicted molar refractivity (Wildman–Crippen MR) is 154 cm³/mol. The third-order valence-corrected chi connectivity index (χ3v) is 8.10. The fraction of sp³-hybridized carbons (Fsp3) is 0.724.